The van der Waals surface area contributed by atoms with Crippen molar-refractivity contribution in [3.63, 3.8) is 0 Å². The zero-order valence-electron chi connectivity index (χ0n) is 8.33. The first-order valence-electron chi connectivity index (χ1n) is 4.90. The van der Waals surface area contributed by atoms with Gasteiger partial charge in [0.15, 0.2) is 0 Å². The van der Waals surface area contributed by atoms with Crippen LogP contribution in [0.2, 0.25) is 0 Å². The smallest absolute Gasteiger partial charge is 0.223 e. The molecule has 1 rings (SSSR count). The maximum absolute atomic E-state index is 11.0. The van der Waals surface area contributed by atoms with Crippen molar-refractivity contribution in [1.82, 2.24) is 5.32 Å². The van der Waals surface area contributed by atoms with E-state index in [0.717, 1.165) is 12.8 Å². The highest BCUT2D eigenvalue weighted by Gasteiger charge is 2.14. The lowest BCUT2D eigenvalue weighted by atomic mass is 10.2. The van der Waals surface area contributed by atoms with Crippen LogP contribution in [-0.4, -0.2) is 32.0 Å². The summed E-state index contributed by atoms with van der Waals surface area (Å²) in [6, 6.07) is 0. The number of hydrogen-bond donors (Lipinski definition) is 1. The molecule has 0 aromatic heterocycles. The molecule has 80 valence electrons. The number of carbonyl (C=O) groups is 1. The third-order valence-corrected chi connectivity index (χ3v) is 2.05. The SMILES string of the molecule is C=CCC(=O)NCCCC1COCO1. The van der Waals surface area contributed by atoms with E-state index in [0.29, 0.717) is 26.4 Å². The van der Waals surface area contributed by atoms with E-state index in [-0.39, 0.29) is 12.0 Å². The second kappa shape index (κ2) is 6.56. The van der Waals surface area contributed by atoms with Gasteiger partial charge in [0.05, 0.1) is 12.7 Å². The Hall–Kier alpha value is -0.870. The van der Waals surface area contributed by atoms with Crippen LogP contribution in [0.1, 0.15) is 19.3 Å². The molecule has 4 nitrogen and oxygen atoms in total. The molecule has 0 spiro atoms. The fourth-order valence-electron chi connectivity index (χ4n) is 1.30. The zero-order valence-corrected chi connectivity index (χ0v) is 8.33. The average Bonchev–Trinajstić information content (AvgIpc) is 2.65. The third kappa shape index (κ3) is 4.39. The summed E-state index contributed by atoms with van der Waals surface area (Å²) in [6.45, 7) is 5.29. The molecule has 0 bridgehead atoms. The Balaban J connectivity index is 1.93. The van der Waals surface area contributed by atoms with Crippen LogP contribution in [-0.2, 0) is 14.3 Å². The van der Waals surface area contributed by atoms with E-state index in [1.165, 1.54) is 0 Å². The molecule has 0 aromatic carbocycles. The Morgan fingerprint density at radius 1 is 1.64 bits per heavy atom. The molecule has 14 heavy (non-hydrogen) atoms. The maximum Gasteiger partial charge on any atom is 0.223 e. The van der Waals surface area contributed by atoms with E-state index in [1.54, 1.807) is 6.08 Å². The highest BCUT2D eigenvalue weighted by Crippen LogP contribution is 2.08. The van der Waals surface area contributed by atoms with Gasteiger partial charge in [-0.2, -0.15) is 0 Å². The topological polar surface area (TPSA) is 47.6 Å². The second-order valence-electron chi connectivity index (χ2n) is 3.26. The van der Waals surface area contributed by atoms with Gasteiger partial charge in [0, 0.05) is 13.0 Å². The van der Waals surface area contributed by atoms with Crippen molar-refractivity contribution in [2.45, 2.75) is 25.4 Å². The first-order chi connectivity index (χ1) is 6.83. The lowest BCUT2D eigenvalue weighted by molar-refractivity contribution is -0.120. The molecule has 1 aliphatic rings. The summed E-state index contributed by atoms with van der Waals surface area (Å²) >= 11 is 0. The first-order valence-corrected chi connectivity index (χ1v) is 4.90. The summed E-state index contributed by atoms with van der Waals surface area (Å²) in [7, 11) is 0. The minimum absolute atomic E-state index is 0.0311. The molecule has 1 amide bonds. The van der Waals surface area contributed by atoms with E-state index >= 15 is 0 Å². The Morgan fingerprint density at radius 3 is 3.14 bits per heavy atom. The fourth-order valence-corrected chi connectivity index (χ4v) is 1.30. The molecule has 0 aliphatic carbocycles. The molecular weight excluding hydrogens is 182 g/mol. The number of amides is 1. The van der Waals surface area contributed by atoms with E-state index in [9.17, 15) is 4.79 Å². The average molecular weight is 199 g/mol. The standard InChI is InChI=1S/C10H17NO3/c1-2-4-10(12)11-6-3-5-9-7-13-8-14-9/h2,9H,1,3-8H2,(H,11,12). The fraction of sp³-hybridized carbons (Fsp3) is 0.700. The van der Waals surface area contributed by atoms with Crippen LogP contribution in [0.3, 0.4) is 0 Å². The Kier molecular flexibility index (Phi) is 5.25. The van der Waals surface area contributed by atoms with Crippen LogP contribution in [0.15, 0.2) is 12.7 Å². The quantitative estimate of drug-likeness (QED) is 0.509. The van der Waals surface area contributed by atoms with Crippen molar-refractivity contribution in [2.24, 2.45) is 0 Å². The van der Waals surface area contributed by atoms with Crippen molar-refractivity contribution < 1.29 is 14.3 Å². The number of ether oxygens (including phenoxy) is 2. The van der Waals surface area contributed by atoms with Gasteiger partial charge in [-0.25, -0.2) is 0 Å². The highest BCUT2D eigenvalue weighted by atomic mass is 16.7. The predicted octanol–water partition coefficient (Wildman–Crippen LogP) is 0.832. The minimum Gasteiger partial charge on any atom is -0.356 e. The van der Waals surface area contributed by atoms with Gasteiger partial charge in [0.1, 0.15) is 6.79 Å². The molecule has 1 heterocycles. The zero-order chi connectivity index (χ0) is 10.2. The van der Waals surface area contributed by atoms with Gasteiger partial charge in [0.2, 0.25) is 5.91 Å². The molecule has 1 fully saturated rings. The van der Waals surface area contributed by atoms with Crippen LogP contribution in [0.5, 0.6) is 0 Å². The first kappa shape index (κ1) is 11.2. The number of hydrogen-bond acceptors (Lipinski definition) is 3. The van der Waals surface area contributed by atoms with Crippen molar-refractivity contribution >= 4 is 5.91 Å². The maximum atomic E-state index is 11.0. The molecule has 0 aromatic rings. The Bertz CT molecular complexity index is 188. The molecule has 4 heteroatoms. The van der Waals surface area contributed by atoms with Gasteiger partial charge in [0.25, 0.3) is 0 Å². The molecule has 1 saturated heterocycles. The Morgan fingerprint density at radius 2 is 2.50 bits per heavy atom. The van der Waals surface area contributed by atoms with E-state index in [1.807, 2.05) is 0 Å². The lowest BCUT2D eigenvalue weighted by Gasteiger charge is -2.07. The summed E-state index contributed by atoms with van der Waals surface area (Å²) in [5.74, 6) is 0.0311. The number of rotatable bonds is 6. The van der Waals surface area contributed by atoms with E-state index in [4.69, 9.17) is 9.47 Å². The monoisotopic (exact) mass is 199 g/mol. The van der Waals surface area contributed by atoms with E-state index in [2.05, 4.69) is 11.9 Å². The molecule has 0 saturated carbocycles. The van der Waals surface area contributed by atoms with Crippen LogP contribution in [0.25, 0.3) is 0 Å². The van der Waals surface area contributed by atoms with Crippen LogP contribution in [0.4, 0.5) is 0 Å². The van der Waals surface area contributed by atoms with Gasteiger partial charge < -0.3 is 14.8 Å². The number of carbonyl (C=O) groups excluding carboxylic acids is 1. The van der Waals surface area contributed by atoms with Gasteiger partial charge in [-0.15, -0.1) is 6.58 Å². The summed E-state index contributed by atoms with van der Waals surface area (Å²) in [6.07, 6.45) is 4.07. The predicted molar refractivity (Wildman–Crippen MR) is 52.7 cm³/mol. The van der Waals surface area contributed by atoms with Crippen LogP contribution in [0, 0.1) is 0 Å². The van der Waals surface area contributed by atoms with Crippen molar-refractivity contribution in [3.8, 4) is 0 Å². The summed E-state index contributed by atoms with van der Waals surface area (Å²) in [5, 5.41) is 2.80. The summed E-state index contributed by atoms with van der Waals surface area (Å²) in [4.78, 5) is 11.0. The second-order valence-corrected chi connectivity index (χ2v) is 3.26. The van der Waals surface area contributed by atoms with Crippen molar-refractivity contribution in [1.29, 1.82) is 0 Å². The molecule has 1 N–H and O–H groups in total. The van der Waals surface area contributed by atoms with Crippen molar-refractivity contribution in [3.05, 3.63) is 12.7 Å². The highest BCUT2D eigenvalue weighted by molar-refractivity contribution is 5.77. The normalized spacial score (nSPS) is 20.7. The molecule has 1 unspecified atom stereocenters. The summed E-state index contributed by atoms with van der Waals surface area (Å²) in [5.41, 5.74) is 0. The Labute approximate surface area is 84.3 Å². The van der Waals surface area contributed by atoms with Gasteiger partial charge in [-0.3, -0.25) is 4.79 Å². The van der Waals surface area contributed by atoms with Crippen molar-refractivity contribution in [2.75, 3.05) is 19.9 Å². The third-order valence-electron chi connectivity index (χ3n) is 2.05. The molecule has 1 aliphatic heterocycles. The van der Waals surface area contributed by atoms with Crippen LogP contribution < -0.4 is 5.32 Å². The minimum atomic E-state index is 0.0311. The van der Waals surface area contributed by atoms with E-state index < -0.39 is 0 Å². The largest absolute Gasteiger partial charge is 0.356 e. The van der Waals surface area contributed by atoms with Gasteiger partial charge in [-0.05, 0) is 12.8 Å². The lowest BCUT2D eigenvalue weighted by Crippen LogP contribution is -2.24. The molecule has 0 radical (unpaired) electrons. The van der Waals surface area contributed by atoms with Gasteiger partial charge >= 0.3 is 0 Å². The molecular formula is C10H17NO3. The number of nitrogens with one attached hydrogen (secondary N) is 1. The molecule has 1 atom stereocenters. The van der Waals surface area contributed by atoms with Gasteiger partial charge in [-0.1, -0.05) is 6.08 Å². The van der Waals surface area contributed by atoms with Crippen LogP contribution >= 0.6 is 0 Å². The summed E-state index contributed by atoms with van der Waals surface area (Å²) < 4.78 is 10.3.